The van der Waals surface area contributed by atoms with Gasteiger partial charge in [0.2, 0.25) is 10.0 Å². The smallest absolute Gasteiger partial charge is 0.264 e. The molecule has 0 N–H and O–H groups in total. The second-order valence-corrected chi connectivity index (χ2v) is 9.75. The molecule has 0 unspecified atom stereocenters. The summed E-state index contributed by atoms with van der Waals surface area (Å²) in [6.07, 6.45) is 3.42. The minimum atomic E-state index is -3.51. The summed E-state index contributed by atoms with van der Waals surface area (Å²) in [6, 6.07) is 11.8. The maximum atomic E-state index is 13.0. The Labute approximate surface area is 188 Å². The number of benzene rings is 2. The van der Waals surface area contributed by atoms with Gasteiger partial charge in [-0.3, -0.25) is 4.79 Å². The minimum absolute atomic E-state index is 0.199. The predicted molar refractivity (Wildman–Crippen MR) is 118 cm³/mol. The van der Waals surface area contributed by atoms with Crippen LogP contribution in [0.15, 0.2) is 41.3 Å². The Kier molecular flexibility index (Phi) is 6.35. The fourth-order valence-corrected chi connectivity index (χ4v) is 5.69. The highest BCUT2D eigenvalue weighted by atomic mass is 32.2. The van der Waals surface area contributed by atoms with Crippen LogP contribution in [-0.2, 0) is 21.2 Å². The van der Waals surface area contributed by atoms with Crippen LogP contribution in [0.4, 0.5) is 5.69 Å². The molecule has 0 spiro atoms. The number of hydrogen-bond acceptors (Lipinski definition) is 6. The first-order valence-electron chi connectivity index (χ1n) is 10.6. The van der Waals surface area contributed by atoms with E-state index in [1.165, 1.54) is 7.11 Å². The van der Waals surface area contributed by atoms with Crippen LogP contribution < -0.4 is 14.4 Å². The van der Waals surface area contributed by atoms with E-state index in [1.807, 2.05) is 6.07 Å². The highest BCUT2D eigenvalue weighted by Crippen LogP contribution is 2.32. The Balaban J connectivity index is 1.47. The Bertz CT molecular complexity index is 1170. The van der Waals surface area contributed by atoms with Crippen molar-refractivity contribution in [3.8, 4) is 17.6 Å². The summed E-state index contributed by atoms with van der Waals surface area (Å²) in [5, 5.41) is 9.00. The molecule has 1 saturated heterocycles. The third kappa shape index (κ3) is 4.29. The lowest BCUT2D eigenvalue weighted by molar-refractivity contribution is -0.120. The molecular formula is C23H25N3O5S. The molecule has 0 aliphatic carbocycles. The van der Waals surface area contributed by atoms with Gasteiger partial charge < -0.3 is 14.4 Å². The van der Waals surface area contributed by atoms with Gasteiger partial charge >= 0.3 is 0 Å². The van der Waals surface area contributed by atoms with Gasteiger partial charge in [-0.25, -0.2) is 8.42 Å². The zero-order chi connectivity index (χ0) is 22.7. The van der Waals surface area contributed by atoms with E-state index < -0.39 is 10.0 Å². The number of carbonyl (C=O) groups is 1. The largest absolute Gasteiger partial charge is 0.493 e. The average Bonchev–Trinajstić information content (AvgIpc) is 3.26. The van der Waals surface area contributed by atoms with E-state index in [-0.39, 0.29) is 17.4 Å². The van der Waals surface area contributed by atoms with Crippen LogP contribution in [-0.4, -0.2) is 52.0 Å². The Morgan fingerprint density at radius 3 is 2.56 bits per heavy atom. The van der Waals surface area contributed by atoms with Crippen LogP contribution in [0.5, 0.6) is 11.5 Å². The van der Waals surface area contributed by atoms with Crippen molar-refractivity contribution in [3.63, 3.8) is 0 Å². The second kappa shape index (κ2) is 9.18. The van der Waals surface area contributed by atoms with Crippen LogP contribution in [0.25, 0.3) is 0 Å². The summed E-state index contributed by atoms with van der Waals surface area (Å²) in [7, 11) is -2.04. The number of methoxy groups -OCH3 is 1. The Morgan fingerprint density at radius 1 is 1.06 bits per heavy atom. The first-order chi connectivity index (χ1) is 15.4. The summed E-state index contributed by atoms with van der Waals surface area (Å²) in [4.78, 5) is 14.7. The van der Waals surface area contributed by atoms with Crippen LogP contribution >= 0.6 is 0 Å². The first-order valence-corrected chi connectivity index (χ1v) is 12.0. The average molecular weight is 456 g/mol. The molecule has 2 aliphatic rings. The summed E-state index contributed by atoms with van der Waals surface area (Å²) in [5.41, 5.74) is 1.99. The number of hydrogen-bond donors (Lipinski definition) is 0. The molecule has 1 amide bonds. The van der Waals surface area contributed by atoms with Gasteiger partial charge in [0.1, 0.15) is 0 Å². The van der Waals surface area contributed by atoms with Crippen molar-refractivity contribution >= 4 is 21.6 Å². The lowest BCUT2D eigenvalue weighted by atomic mass is 10.2. The zero-order valence-electron chi connectivity index (χ0n) is 17.9. The molecule has 4 rings (SSSR count). The van der Waals surface area contributed by atoms with Gasteiger partial charge in [-0.05, 0) is 55.2 Å². The van der Waals surface area contributed by atoms with Crippen molar-refractivity contribution < 1.29 is 22.7 Å². The first kappa shape index (κ1) is 22.1. The van der Waals surface area contributed by atoms with Gasteiger partial charge in [0.15, 0.2) is 18.1 Å². The van der Waals surface area contributed by atoms with Gasteiger partial charge in [0.25, 0.3) is 5.91 Å². The molecule has 2 aromatic rings. The van der Waals surface area contributed by atoms with E-state index in [0.29, 0.717) is 48.8 Å². The number of rotatable bonds is 6. The van der Waals surface area contributed by atoms with E-state index in [0.717, 1.165) is 24.8 Å². The van der Waals surface area contributed by atoms with Gasteiger partial charge in [-0.1, -0.05) is 6.42 Å². The van der Waals surface area contributed by atoms with E-state index in [9.17, 15) is 13.2 Å². The summed E-state index contributed by atoms with van der Waals surface area (Å²) in [5.74, 6) is 0.523. The lowest BCUT2D eigenvalue weighted by Gasteiger charge is -2.26. The summed E-state index contributed by atoms with van der Waals surface area (Å²) in [6.45, 7) is 1.38. The number of carbonyl (C=O) groups excluding carboxylic acids is 1. The van der Waals surface area contributed by atoms with Gasteiger partial charge in [0, 0.05) is 31.4 Å². The topological polar surface area (TPSA) is 99.9 Å². The molecule has 8 nitrogen and oxygen atoms in total. The number of amides is 1. The monoisotopic (exact) mass is 455 g/mol. The molecule has 9 heteroatoms. The maximum absolute atomic E-state index is 13.0. The van der Waals surface area contributed by atoms with E-state index in [4.69, 9.17) is 14.7 Å². The van der Waals surface area contributed by atoms with Gasteiger partial charge in [-0.2, -0.15) is 9.57 Å². The number of piperidine rings is 1. The number of ether oxygens (including phenoxy) is 2. The van der Waals surface area contributed by atoms with Crippen LogP contribution in [0, 0.1) is 11.3 Å². The van der Waals surface area contributed by atoms with Crippen LogP contribution in [0.1, 0.15) is 30.4 Å². The molecule has 0 aromatic heterocycles. The molecule has 0 saturated carbocycles. The molecule has 0 atom stereocenters. The lowest BCUT2D eigenvalue weighted by Crippen LogP contribution is -2.35. The molecule has 0 bridgehead atoms. The van der Waals surface area contributed by atoms with E-state index >= 15 is 0 Å². The number of fused-ring (bicyclic) bond motifs is 1. The van der Waals surface area contributed by atoms with Gasteiger partial charge in [-0.15, -0.1) is 0 Å². The SMILES string of the molecule is COc1cc(C#N)ccc1OCC(=O)N1CCc2cc(S(=O)(=O)N3CCCCC3)ccc21. The van der Waals surface area contributed by atoms with Crippen molar-refractivity contribution in [1.29, 1.82) is 5.26 Å². The van der Waals surface area contributed by atoms with Crippen molar-refractivity contribution in [2.45, 2.75) is 30.6 Å². The summed E-state index contributed by atoms with van der Waals surface area (Å²) >= 11 is 0. The quantitative estimate of drug-likeness (QED) is 0.664. The minimum Gasteiger partial charge on any atom is -0.493 e. The van der Waals surface area contributed by atoms with E-state index in [1.54, 1.807) is 45.6 Å². The highest BCUT2D eigenvalue weighted by molar-refractivity contribution is 7.89. The predicted octanol–water partition coefficient (Wildman–Crippen LogP) is 2.71. The number of nitrogens with zero attached hydrogens (tertiary/aromatic N) is 3. The summed E-state index contributed by atoms with van der Waals surface area (Å²) < 4.78 is 38.4. The third-order valence-corrected chi connectivity index (χ3v) is 7.74. The zero-order valence-corrected chi connectivity index (χ0v) is 18.7. The van der Waals surface area contributed by atoms with Crippen molar-refractivity contribution in [2.75, 3.05) is 38.3 Å². The number of nitriles is 1. The Hall–Kier alpha value is -3.09. The van der Waals surface area contributed by atoms with Crippen molar-refractivity contribution in [3.05, 3.63) is 47.5 Å². The van der Waals surface area contributed by atoms with Crippen molar-refractivity contribution in [2.24, 2.45) is 0 Å². The standard InChI is InChI=1S/C23H25N3O5S/c1-30-22-13-17(15-24)5-8-21(22)31-16-23(27)26-12-9-18-14-19(6-7-20(18)26)32(28,29)25-10-3-2-4-11-25/h5-8,13-14H,2-4,9-12,16H2,1H3. The maximum Gasteiger partial charge on any atom is 0.264 e. The molecule has 0 radical (unpaired) electrons. The van der Waals surface area contributed by atoms with Crippen LogP contribution in [0.2, 0.25) is 0 Å². The third-order valence-electron chi connectivity index (χ3n) is 5.84. The highest BCUT2D eigenvalue weighted by Gasteiger charge is 2.30. The molecular weight excluding hydrogens is 430 g/mol. The molecule has 1 fully saturated rings. The Morgan fingerprint density at radius 2 is 1.84 bits per heavy atom. The van der Waals surface area contributed by atoms with Gasteiger partial charge in [0.05, 0.1) is 23.6 Å². The number of anilines is 1. The molecule has 2 aromatic carbocycles. The van der Waals surface area contributed by atoms with E-state index in [2.05, 4.69) is 0 Å². The normalized spacial score (nSPS) is 16.3. The molecule has 32 heavy (non-hydrogen) atoms. The molecule has 2 heterocycles. The number of sulfonamides is 1. The fourth-order valence-electron chi connectivity index (χ4n) is 4.13. The second-order valence-electron chi connectivity index (χ2n) is 7.82. The van der Waals surface area contributed by atoms with Crippen molar-refractivity contribution in [1.82, 2.24) is 4.31 Å². The molecule has 168 valence electrons. The van der Waals surface area contributed by atoms with Crippen LogP contribution in [0.3, 0.4) is 0 Å². The fraction of sp³-hybridized carbons (Fsp3) is 0.391. The molecule has 2 aliphatic heterocycles.